The van der Waals surface area contributed by atoms with Crippen LogP contribution in [0.2, 0.25) is 5.02 Å². The van der Waals surface area contributed by atoms with Crippen LogP contribution >= 0.6 is 27.5 Å². The minimum atomic E-state index is -4.25. The number of benzene rings is 3. The van der Waals surface area contributed by atoms with Crippen LogP contribution in [0, 0.1) is 0 Å². The van der Waals surface area contributed by atoms with Gasteiger partial charge in [-0.15, -0.1) is 0 Å². The van der Waals surface area contributed by atoms with Crippen molar-refractivity contribution in [1.29, 1.82) is 0 Å². The number of amides is 2. The second kappa shape index (κ2) is 14.7. The Balaban J connectivity index is 2.07. The van der Waals surface area contributed by atoms with Crippen molar-refractivity contribution in [2.24, 2.45) is 0 Å². The molecule has 1 N–H and O–H groups in total. The monoisotopic (exact) mass is 663 g/mol. The molecule has 0 aromatic heterocycles. The van der Waals surface area contributed by atoms with Crippen LogP contribution in [0.3, 0.4) is 0 Å². The van der Waals surface area contributed by atoms with Crippen LogP contribution in [-0.2, 0) is 26.2 Å². The molecule has 3 aromatic rings. The van der Waals surface area contributed by atoms with E-state index in [2.05, 4.69) is 21.2 Å². The van der Waals surface area contributed by atoms with Crippen LogP contribution in [0.25, 0.3) is 0 Å². The Morgan fingerprint density at radius 1 is 0.976 bits per heavy atom. The number of anilines is 1. The second-order valence-electron chi connectivity index (χ2n) is 9.51. The Hall–Kier alpha value is -3.08. The molecule has 3 aromatic carbocycles. The fourth-order valence-corrected chi connectivity index (χ4v) is 5.84. The van der Waals surface area contributed by atoms with Gasteiger partial charge in [-0.3, -0.25) is 13.9 Å². The Morgan fingerprint density at radius 2 is 1.61 bits per heavy atom. The number of para-hydroxylation sites is 2. The van der Waals surface area contributed by atoms with Crippen molar-refractivity contribution < 1.29 is 22.7 Å². The average Bonchev–Trinajstić information content (AvgIpc) is 2.95. The van der Waals surface area contributed by atoms with Crippen LogP contribution in [0.15, 0.2) is 82.2 Å². The van der Waals surface area contributed by atoms with Crippen molar-refractivity contribution in [2.45, 2.75) is 57.6 Å². The standard InChI is InChI=1S/C30H35BrClN3O5S/c1-5-21(3)33-30(37)22(4)34(19-23-11-13-24(31)14-12-23)29(36)20-35(27-9-7-8-10-28(27)40-6-2)41(38,39)26-17-15-25(32)16-18-26/h7-18,21-22H,5-6,19-20H2,1-4H3,(H,33,37)/t21-,22-/m0/s1. The molecule has 0 fully saturated rings. The molecule has 0 radical (unpaired) electrons. The Morgan fingerprint density at radius 3 is 2.22 bits per heavy atom. The lowest BCUT2D eigenvalue weighted by Crippen LogP contribution is -2.52. The first kappa shape index (κ1) is 32.4. The largest absolute Gasteiger partial charge is 0.492 e. The third kappa shape index (κ3) is 8.47. The van der Waals surface area contributed by atoms with Crippen LogP contribution in [0.5, 0.6) is 5.75 Å². The lowest BCUT2D eigenvalue weighted by atomic mass is 10.1. The van der Waals surface area contributed by atoms with Crippen molar-refractivity contribution >= 4 is 55.1 Å². The van der Waals surface area contributed by atoms with Gasteiger partial charge in [0.15, 0.2) is 0 Å². The number of carbonyl (C=O) groups excluding carboxylic acids is 2. The zero-order chi connectivity index (χ0) is 30.2. The molecule has 3 rings (SSSR count). The summed E-state index contributed by atoms with van der Waals surface area (Å²) in [6.45, 7) is 7.10. The molecule has 2 atom stereocenters. The summed E-state index contributed by atoms with van der Waals surface area (Å²) in [5.74, 6) is -0.572. The summed E-state index contributed by atoms with van der Waals surface area (Å²) in [4.78, 5) is 28.6. The molecule has 0 saturated heterocycles. The first-order valence-electron chi connectivity index (χ1n) is 13.3. The third-order valence-electron chi connectivity index (χ3n) is 6.55. The first-order chi connectivity index (χ1) is 19.5. The van der Waals surface area contributed by atoms with E-state index in [0.717, 1.165) is 20.8 Å². The van der Waals surface area contributed by atoms with Crippen LogP contribution < -0.4 is 14.4 Å². The second-order valence-corrected chi connectivity index (χ2v) is 12.7. The summed E-state index contributed by atoms with van der Waals surface area (Å²) >= 11 is 9.43. The number of nitrogens with zero attached hydrogens (tertiary/aromatic N) is 2. The molecule has 0 aliphatic heterocycles. The van der Waals surface area contributed by atoms with Gasteiger partial charge in [0.1, 0.15) is 18.3 Å². The Bertz CT molecular complexity index is 1440. The summed E-state index contributed by atoms with van der Waals surface area (Å²) < 4.78 is 35.7. The highest BCUT2D eigenvalue weighted by Gasteiger charge is 2.34. The summed E-state index contributed by atoms with van der Waals surface area (Å²) in [6, 6.07) is 18.8. The number of hydrogen-bond donors (Lipinski definition) is 1. The molecule has 0 heterocycles. The maximum absolute atomic E-state index is 14.1. The number of rotatable bonds is 13. The zero-order valence-electron chi connectivity index (χ0n) is 23.5. The van der Waals surface area contributed by atoms with Gasteiger partial charge >= 0.3 is 0 Å². The molecular formula is C30H35BrClN3O5S. The van der Waals surface area contributed by atoms with E-state index in [1.54, 1.807) is 38.1 Å². The molecule has 0 aliphatic carbocycles. The summed E-state index contributed by atoms with van der Waals surface area (Å²) in [7, 11) is -4.25. The normalized spacial score (nSPS) is 12.7. The molecule has 0 aliphatic rings. The molecule has 220 valence electrons. The Kier molecular flexibility index (Phi) is 11.6. The number of halogens is 2. The summed E-state index contributed by atoms with van der Waals surface area (Å²) in [6.07, 6.45) is 0.723. The van der Waals surface area contributed by atoms with Gasteiger partial charge in [0.2, 0.25) is 11.8 Å². The quantitative estimate of drug-likeness (QED) is 0.241. The van der Waals surface area contributed by atoms with Gasteiger partial charge < -0.3 is 15.0 Å². The number of hydrogen-bond acceptors (Lipinski definition) is 5. The zero-order valence-corrected chi connectivity index (χ0v) is 26.7. The minimum Gasteiger partial charge on any atom is -0.492 e. The van der Waals surface area contributed by atoms with E-state index < -0.39 is 28.5 Å². The SMILES string of the molecule is CCOc1ccccc1N(CC(=O)N(Cc1ccc(Br)cc1)[C@@H](C)C(=O)N[C@@H](C)CC)S(=O)(=O)c1ccc(Cl)cc1. The molecule has 8 nitrogen and oxygen atoms in total. The van der Waals surface area contributed by atoms with Gasteiger partial charge in [0.25, 0.3) is 10.0 Å². The Labute approximate surface area is 255 Å². The van der Waals surface area contributed by atoms with E-state index in [0.29, 0.717) is 17.4 Å². The molecule has 41 heavy (non-hydrogen) atoms. The molecular weight excluding hydrogens is 630 g/mol. The van der Waals surface area contributed by atoms with E-state index in [9.17, 15) is 18.0 Å². The fourth-order valence-electron chi connectivity index (χ4n) is 4.02. The first-order valence-corrected chi connectivity index (χ1v) is 15.9. The van der Waals surface area contributed by atoms with Crippen LogP contribution in [0.1, 0.15) is 39.7 Å². The van der Waals surface area contributed by atoms with Gasteiger partial charge in [-0.1, -0.05) is 58.7 Å². The van der Waals surface area contributed by atoms with Crippen molar-refractivity contribution in [2.75, 3.05) is 17.5 Å². The molecule has 11 heteroatoms. The number of nitrogens with one attached hydrogen (secondary N) is 1. The van der Waals surface area contributed by atoms with E-state index in [1.807, 2.05) is 38.1 Å². The summed E-state index contributed by atoms with van der Waals surface area (Å²) in [5.41, 5.74) is 0.990. The highest BCUT2D eigenvalue weighted by atomic mass is 79.9. The number of sulfonamides is 1. The van der Waals surface area contributed by atoms with Gasteiger partial charge in [0.05, 0.1) is 17.2 Å². The lowest BCUT2D eigenvalue weighted by Gasteiger charge is -2.33. The highest BCUT2D eigenvalue weighted by Crippen LogP contribution is 2.33. The fraction of sp³-hybridized carbons (Fsp3) is 0.333. The molecule has 0 saturated carbocycles. The van der Waals surface area contributed by atoms with E-state index in [-0.39, 0.29) is 29.1 Å². The average molecular weight is 665 g/mol. The molecule has 0 bridgehead atoms. The molecule has 2 amide bonds. The van der Waals surface area contributed by atoms with Crippen LogP contribution in [-0.4, -0.2) is 50.4 Å². The van der Waals surface area contributed by atoms with Crippen LogP contribution in [0.4, 0.5) is 5.69 Å². The van der Waals surface area contributed by atoms with E-state index >= 15 is 0 Å². The minimum absolute atomic E-state index is 0.0389. The highest BCUT2D eigenvalue weighted by molar-refractivity contribution is 9.10. The number of ether oxygens (including phenoxy) is 1. The smallest absolute Gasteiger partial charge is 0.264 e. The van der Waals surface area contributed by atoms with E-state index in [1.165, 1.54) is 29.2 Å². The van der Waals surface area contributed by atoms with Gasteiger partial charge in [0, 0.05) is 22.1 Å². The predicted octanol–water partition coefficient (Wildman–Crippen LogP) is 6.03. The summed E-state index contributed by atoms with van der Waals surface area (Å²) in [5, 5.41) is 3.30. The van der Waals surface area contributed by atoms with Gasteiger partial charge in [-0.25, -0.2) is 8.42 Å². The van der Waals surface area contributed by atoms with Crippen molar-refractivity contribution in [1.82, 2.24) is 10.2 Å². The maximum atomic E-state index is 14.1. The maximum Gasteiger partial charge on any atom is 0.264 e. The number of carbonyl (C=O) groups is 2. The van der Waals surface area contributed by atoms with Crippen molar-refractivity contribution in [3.63, 3.8) is 0 Å². The predicted molar refractivity (Wildman–Crippen MR) is 166 cm³/mol. The molecule has 0 spiro atoms. The van der Waals surface area contributed by atoms with Gasteiger partial charge in [-0.05, 0) is 81.3 Å². The lowest BCUT2D eigenvalue weighted by molar-refractivity contribution is -0.139. The van der Waals surface area contributed by atoms with Crippen molar-refractivity contribution in [3.8, 4) is 5.75 Å². The molecule has 0 unspecified atom stereocenters. The van der Waals surface area contributed by atoms with E-state index in [4.69, 9.17) is 16.3 Å². The topological polar surface area (TPSA) is 96.0 Å². The third-order valence-corrected chi connectivity index (χ3v) is 9.10. The van der Waals surface area contributed by atoms with Crippen molar-refractivity contribution in [3.05, 3.63) is 87.9 Å². The van der Waals surface area contributed by atoms with Gasteiger partial charge in [-0.2, -0.15) is 0 Å².